The van der Waals surface area contributed by atoms with Gasteiger partial charge in [0.15, 0.2) is 0 Å². The van der Waals surface area contributed by atoms with Crippen LogP contribution in [0.3, 0.4) is 0 Å². The van der Waals surface area contributed by atoms with Gasteiger partial charge in [-0.25, -0.2) is 0 Å². The van der Waals surface area contributed by atoms with E-state index in [2.05, 4.69) is 9.59 Å². The van der Waals surface area contributed by atoms with Crippen LogP contribution >= 0.6 is 11.5 Å². The molecule has 2 heterocycles. The van der Waals surface area contributed by atoms with Gasteiger partial charge < -0.3 is 10.6 Å². The molecule has 6 heteroatoms. The lowest BCUT2D eigenvalue weighted by Gasteiger charge is -2.31. The minimum absolute atomic E-state index is 0.0325. The van der Waals surface area contributed by atoms with Crippen LogP contribution in [0, 0.1) is 0 Å². The molecule has 0 bridgehead atoms. The molecule has 5 nitrogen and oxygen atoms in total. The highest BCUT2D eigenvalue weighted by Gasteiger charge is 2.30. The third-order valence-corrected chi connectivity index (χ3v) is 3.85. The summed E-state index contributed by atoms with van der Waals surface area (Å²) in [6, 6.07) is 0.0988. The molecule has 0 aliphatic carbocycles. The number of likely N-dealkylation sites (tertiary alicyclic amines) is 1. The maximum atomic E-state index is 12.5. The summed E-state index contributed by atoms with van der Waals surface area (Å²) in [6.07, 6.45) is 1.97. The number of rotatable bonds is 1. The first kappa shape index (κ1) is 13.4. The van der Waals surface area contributed by atoms with Crippen LogP contribution in [-0.4, -0.2) is 39.5 Å². The summed E-state index contributed by atoms with van der Waals surface area (Å²) in [5, 5.41) is 4.11. The zero-order chi connectivity index (χ0) is 13.3. The van der Waals surface area contributed by atoms with Crippen LogP contribution in [0.15, 0.2) is 0 Å². The van der Waals surface area contributed by atoms with Crippen molar-refractivity contribution in [1.82, 2.24) is 14.5 Å². The molecule has 1 fully saturated rings. The Kier molecular flexibility index (Phi) is 3.68. The second-order valence-electron chi connectivity index (χ2n) is 5.85. The smallest absolute Gasteiger partial charge is 0.267 e. The minimum Gasteiger partial charge on any atom is -0.336 e. The molecule has 0 saturated carbocycles. The molecule has 18 heavy (non-hydrogen) atoms. The van der Waals surface area contributed by atoms with Gasteiger partial charge in [0.05, 0.1) is 5.69 Å². The number of hydrogen-bond acceptors (Lipinski definition) is 5. The molecule has 1 aliphatic heterocycles. The Balaban J connectivity index is 2.21. The van der Waals surface area contributed by atoms with Gasteiger partial charge in [-0.1, -0.05) is 25.3 Å². The van der Waals surface area contributed by atoms with Gasteiger partial charge in [0.1, 0.15) is 4.88 Å². The zero-order valence-electron chi connectivity index (χ0n) is 11.1. The molecule has 1 amide bonds. The molecular weight excluding hydrogens is 248 g/mol. The maximum Gasteiger partial charge on any atom is 0.267 e. The van der Waals surface area contributed by atoms with Gasteiger partial charge in [-0.2, -0.15) is 0 Å². The molecule has 1 aliphatic rings. The fraction of sp³-hybridized carbons (Fsp3) is 0.750. The number of carbonyl (C=O) groups is 1. The van der Waals surface area contributed by atoms with E-state index in [-0.39, 0.29) is 17.4 Å². The maximum absolute atomic E-state index is 12.5. The Hall–Kier alpha value is -1.01. The molecular formula is C12H20N4OS. The first-order valence-electron chi connectivity index (χ1n) is 6.27. The first-order chi connectivity index (χ1) is 8.39. The molecule has 0 radical (unpaired) electrons. The van der Waals surface area contributed by atoms with Gasteiger partial charge in [0.25, 0.3) is 5.91 Å². The average Bonchev–Trinajstić information content (AvgIpc) is 2.76. The number of amides is 1. The van der Waals surface area contributed by atoms with Gasteiger partial charge >= 0.3 is 0 Å². The van der Waals surface area contributed by atoms with Gasteiger partial charge in [-0.05, 0) is 24.4 Å². The topological polar surface area (TPSA) is 72.1 Å². The number of aromatic nitrogens is 2. The van der Waals surface area contributed by atoms with Crippen molar-refractivity contribution in [2.45, 2.75) is 45.1 Å². The monoisotopic (exact) mass is 268 g/mol. The van der Waals surface area contributed by atoms with E-state index in [1.807, 2.05) is 25.7 Å². The largest absolute Gasteiger partial charge is 0.336 e. The summed E-state index contributed by atoms with van der Waals surface area (Å²) in [4.78, 5) is 15.0. The van der Waals surface area contributed by atoms with Crippen molar-refractivity contribution in [2.24, 2.45) is 5.73 Å². The van der Waals surface area contributed by atoms with Crippen LogP contribution in [-0.2, 0) is 5.41 Å². The van der Waals surface area contributed by atoms with Crippen LogP contribution in [0.4, 0.5) is 0 Å². The number of nitrogens with two attached hydrogens (primary N) is 1. The highest BCUT2D eigenvalue weighted by atomic mass is 32.1. The van der Waals surface area contributed by atoms with E-state index in [0.717, 1.165) is 25.1 Å². The van der Waals surface area contributed by atoms with Gasteiger partial charge in [0.2, 0.25) is 0 Å². The number of nitrogens with zero attached hydrogens (tertiary/aromatic N) is 3. The van der Waals surface area contributed by atoms with Gasteiger partial charge in [0, 0.05) is 24.5 Å². The Morgan fingerprint density at radius 3 is 2.83 bits per heavy atom. The summed E-state index contributed by atoms with van der Waals surface area (Å²) in [5.74, 6) is 0.0325. The standard InChI is InChI=1S/C12H20N4OS/c1-12(2,3)10-9(18-15-14-10)11(17)16-6-4-5-8(13)7-16/h8H,4-7,13H2,1-3H3/t8-/m1/s1. The Bertz CT molecular complexity index is 438. The fourth-order valence-corrected chi connectivity index (χ4v) is 3.00. The van der Waals surface area contributed by atoms with Crippen molar-refractivity contribution in [1.29, 1.82) is 0 Å². The summed E-state index contributed by atoms with van der Waals surface area (Å²) in [5.41, 5.74) is 6.55. The lowest BCUT2D eigenvalue weighted by atomic mass is 9.91. The van der Waals surface area contributed by atoms with E-state index >= 15 is 0 Å². The molecule has 1 saturated heterocycles. The third kappa shape index (κ3) is 2.70. The summed E-state index contributed by atoms with van der Waals surface area (Å²) in [6.45, 7) is 7.56. The van der Waals surface area contributed by atoms with Crippen molar-refractivity contribution >= 4 is 17.4 Å². The molecule has 0 spiro atoms. The van der Waals surface area contributed by atoms with Crippen LogP contribution in [0.1, 0.15) is 49.0 Å². The van der Waals surface area contributed by atoms with Crippen molar-refractivity contribution in [2.75, 3.05) is 13.1 Å². The van der Waals surface area contributed by atoms with Gasteiger partial charge in [-0.3, -0.25) is 4.79 Å². The van der Waals surface area contributed by atoms with E-state index < -0.39 is 0 Å². The summed E-state index contributed by atoms with van der Waals surface area (Å²) >= 11 is 1.19. The van der Waals surface area contributed by atoms with Crippen molar-refractivity contribution < 1.29 is 4.79 Å². The van der Waals surface area contributed by atoms with Crippen LogP contribution in [0.2, 0.25) is 0 Å². The number of hydrogen-bond donors (Lipinski definition) is 1. The van der Waals surface area contributed by atoms with E-state index in [1.165, 1.54) is 11.5 Å². The van der Waals surface area contributed by atoms with Crippen molar-refractivity contribution in [3.8, 4) is 0 Å². The van der Waals surface area contributed by atoms with E-state index in [9.17, 15) is 4.79 Å². The predicted octanol–water partition coefficient (Wildman–Crippen LogP) is 1.40. The minimum atomic E-state index is -0.157. The van der Waals surface area contributed by atoms with E-state index in [0.29, 0.717) is 11.4 Å². The fourth-order valence-electron chi connectivity index (χ4n) is 2.16. The molecule has 0 aromatic carbocycles. The summed E-state index contributed by atoms with van der Waals surface area (Å²) in [7, 11) is 0. The quantitative estimate of drug-likeness (QED) is 0.835. The third-order valence-electron chi connectivity index (χ3n) is 3.14. The summed E-state index contributed by atoms with van der Waals surface area (Å²) < 4.78 is 3.94. The SMILES string of the molecule is CC(C)(C)c1nnsc1C(=O)N1CCC[C@@H](N)C1. The average molecular weight is 268 g/mol. The van der Waals surface area contributed by atoms with Crippen molar-refractivity contribution in [3.05, 3.63) is 10.6 Å². The van der Waals surface area contributed by atoms with Gasteiger partial charge in [-0.15, -0.1) is 5.10 Å². The van der Waals surface area contributed by atoms with Crippen LogP contribution in [0.5, 0.6) is 0 Å². The molecule has 1 aromatic heterocycles. The lowest BCUT2D eigenvalue weighted by molar-refractivity contribution is 0.0711. The lowest BCUT2D eigenvalue weighted by Crippen LogP contribution is -2.45. The highest BCUT2D eigenvalue weighted by molar-refractivity contribution is 7.08. The Morgan fingerprint density at radius 1 is 1.50 bits per heavy atom. The van der Waals surface area contributed by atoms with E-state index in [4.69, 9.17) is 5.73 Å². The number of carbonyl (C=O) groups excluding carboxylic acids is 1. The molecule has 0 unspecified atom stereocenters. The molecule has 2 N–H and O–H groups in total. The molecule has 1 atom stereocenters. The van der Waals surface area contributed by atoms with E-state index in [1.54, 1.807) is 0 Å². The predicted molar refractivity (Wildman–Crippen MR) is 71.7 cm³/mol. The highest BCUT2D eigenvalue weighted by Crippen LogP contribution is 2.27. The van der Waals surface area contributed by atoms with Crippen LogP contribution < -0.4 is 5.73 Å². The first-order valence-corrected chi connectivity index (χ1v) is 7.04. The molecule has 100 valence electrons. The normalized spacial score (nSPS) is 21.1. The zero-order valence-corrected chi connectivity index (χ0v) is 12.0. The Morgan fingerprint density at radius 2 is 2.22 bits per heavy atom. The second-order valence-corrected chi connectivity index (χ2v) is 6.61. The number of piperidine rings is 1. The Labute approximate surface area is 112 Å². The second kappa shape index (κ2) is 4.93. The molecule has 1 aromatic rings. The van der Waals surface area contributed by atoms with Crippen LogP contribution in [0.25, 0.3) is 0 Å². The molecule has 2 rings (SSSR count). The van der Waals surface area contributed by atoms with Crippen molar-refractivity contribution in [3.63, 3.8) is 0 Å².